The molecule has 0 spiro atoms. The molecule has 0 fully saturated rings. The van der Waals surface area contributed by atoms with Crippen LogP contribution in [0.5, 0.6) is 0 Å². The molecule has 0 saturated heterocycles. The van der Waals surface area contributed by atoms with Crippen molar-refractivity contribution >= 4 is 102 Å². The van der Waals surface area contributed by atoms with Gasteiger partial charge in [-0.2, -0.15) is 0 Å². The van der Waals surface area contributed by atoms with E-state index < -0.39 is 0 Å². The molecule has 0 aliphatic heterocycles. The molecular formula is C54H33NOS2. The number of fused-ring (bicyclic) bond motifs is 9. The van der Waals surface area contributed by atoms with Crippen molar-refractivity contribution in [3.05, 3.63) is 200 Å². The third-order valence-electron chi connectivity index (χ3n) is 11.5. The van der Waals surface area contributed by atoms with Gasteiger partial charge in [0.1, 0.15) is 11.2 Å². The molecule has 9 aromatic carbocycles. The second kappa shape index (κ2) is 13.3. The maximum Gasteiger partial charge on any atom is 0.135 e. The van der Waals surface area contributed by atoms with E-state index in [1.165, 1.54) is 62.6 Å². The third kappa shape index (κ3) is 5.53. The van der Waals surface area contributed by atoms with Gasteiger partial charge in [-0.1, -0.05) is 109 Å². The van der Waals surface area contributed by atoms with Crippen LogP contribution in [0.15, 0.2) is 205 Å². The van der Waals surface area contributed by atoms with Gasteiger partial charge in [-0.3, -0.25) is 0 Å². The Bertz CT molecular complexity index is 3380. The highest BCUT2D eigenvalue weighted by Gasteiger charge is 2.17. The van der Waals surface area contributed by atoms with Crippen LogP contribution in [0, 0.1) is 0 Å². The van der Waals surface area contributed by atoms with Gasteiger partial charge >= 0.3 is 0 Å². The molecule has 0 aliphatic rings. The Morgan fingerprint density at radius 2 is 0.724 bits per heavy atom. The van der Waals surface area contributed by atoms with Gasteiger partial charge in [-0.25, -0.2) is 0 Å². The fourth-order valence-corrected chi connectivity index (χ4v) is 10.8. The molecule has 2 nitrogen and oxygen atoms in total. The number of hydrogen-bond acceptors (Lipinski definition) is 4. The van der Waals surface area contributed by atoms with E-state index in [1.807, 2.05) is 34.8 Å². The standard InChI is InChI=1S/C54H33NOS2/c1-4-16-49-43(13-1)46-31-37(21-26-50(46)56-49)34-19-24-40(25-20-34)55(41-11-7-9-35(29-41)38-22-27-53-47(32-38)44-14-2-5-17-51(44)57-53)42-12-8-10-36(30-42)39-23-28-54-48(33-39)45-15-3-6-18-52(45)58-54/h1-33H. The highest BCUT2D eigenvalue weighted by molar-refractivity contribution is 7.26. The summed E-state index contributed by atoms with van der Waals surface area (Å²) in [6, 6.07) is 72.9. The monoisotopic (exact) mass is 775 g/mol. The van der Waals surface area contributed by atoms with E-state index in [4.69, 9.17) is 4.42 Å². The second-order valence-corrected chi connectivity index (χ2v) is 17.1. The van der Waals surface area contributed by atoms with Crippen LogP contribution < -0.4 is 4.90 Å². The SMILES string of the molecule is c1cc(-c2ccc3sc4ccccc4c3c2)cc(N(c2ccc(-c3ccc4oc5ccccc5c4c3)cc2)c2cccc(-c3ccc4sc5ccccc5c4c3)c2)c1. The minimum atomic E-state index is 0.908. The summed E-state index contributed by atoms with van der Waals surface area (Å²) in [6.45, 7) is 0. The zero-order valence-corrected chi connectivity index (χ0v) is 32.9. The Balaban J connectivity index is 0.978. The average molecular weight is 776 g/mol. The summed E-state index contributed by atoms with van der Waals surface area (Å²) in [5.41, 5.74) is 12.2. The first kappa shape index (κ1) is 33.2. The van der Waals surface area contributed by atoms with Crippen LogP contribution in [-0.4, -0.2) is 0 Å². The lowest BCUT2D eigenvalue weighted by molar-refractivity contribution is 0.669. The molecule has 0 unspecified atom stereocenters. The number of para-hydroxylation sites is 1. The van der Waals surface area contributed by atoms with Crippen molar-refractivity contribution in [3.63, 3.8) is 0 Å². The summed E-state index contributed by atoms with van der Waals surface area (Å²) in [5.74, 6) is 0. The Morgan fingerprint density at radius 1 is 0.276 bits per heavy atom. The minimum Gasteiger partial charge on any atom is -0.456 e. The summed E-state index contributed by atoms with van der Waals surface area (Å²) in [5, 5.41) is 7.51. The molecule has 0 bridgehead atoms. The number of anilines is 3. The van der Waals surface area contributed by atoms with E-state index in [1.54, 1.807) is 0 Å². The average Bonchev–Trinajstić information content (AvgIpc) is 3.97. The molecule has 12 aromatic rings. The van der Waals surface area contributed by atoms with Crippen molar-refractivity contribution in [2.75, 3.05) is 4.90 Å². The molecule has 0 radical (unpaired) electrons. The number of rotatable bonds is 6. The lowest BCUT2D eigenvalue weighted by Gasteiger charge is -2.27. The lowest BCUT2D eigenvalue weighted by Crippen LogP contribution is -2.10. The van der Waals surface area contributed by atoms with Gasteiger partial charge in [-0.05, 0) is 124 Å². The first-order valence-electron chi connectivity index (χ1n) is 19.6. The largest absolute Gasteiger partial charge is 0.456 e. The molecule has 0 aliphatic carbocycles. The van der Waals surface area contributed by atoms with E-state index in [9.17, 15) is 0 Å². The first-order chi connectivity index (χ1) is 28.7. The molecule has 4 heteroatoms. The zero-order chi connectivity index (χ0) is 38.2. The van der Waals surface area contributed by atoms with Crippen LogP contribution in [0.3, 0.4) is 0 Å². The van der Waals surface area contributed by atoms with E-state index in [-0.39, 0.29) is 0 Å². The Hall–Kier alpha value is -6.98. The summed E-state index contributed by atoms with van der Waals surface area (Å²) in [4.78, 5) is 2.39. The number of nitrogens with zero attached hydrogens (tertiary/aromatic N) is 1. The number of furan rings is 1. The maximum absolute atomic E-state index is 6.14. The highest BCUT2D eigenvalue weighted by Crippen LogP contribution is 2.42. The van der Waals surface area contributed by atoms with Gasteiger partial charge in [-0.15, -0.1) is 22.7 Å². The molecule has 12 rings (SSSR count). The van der Waals surface area contributed by atoms with Crippen molar-refractivity contribution in [3.8, 4) is 33.4 Å². The lowest BCUT2D eigenvalue weighted by atomic mass is 10.00. The topological polar surface area (TPSA) is 16.4 Å². The van der Waals surface area contributed by atoms with Gasteiger partial charge in [0.15, 0.2) is 0 Å². The molecule has 3 aromatic heterocycles. The molecule has 0 atom stereocenters. The smallest absolute Gasteiger partial charge is 0.135 e. The van der Waals surface area contributed by atoms with Crippen LogP contribution in [0.2, 0.25) is 0 Å². The third-order valence-corrected chi connectivity index (χ3v) is 13.8. The first-order valence-corrected chi connectivity index (χ1v) is 21.2. The fourth-order valence-electron chi connectivity index (χ4n) is 8.62. The molecule has 0 N–H and O–H groups in total. The Kier molecular flexibility index (Phi) is 7.62. The Morgan fingerprint density at radius 3 is 1.34 bits per heavy atom. The van der Waals surface area contributed by atoms with Crippen molar-refractivity contribution in [2.45, 2.75) is 0 Å². The predicted molar refractivity (Wildman–Crippen MR) is 250 cm³/mol. The van der Waals surface area contributed by atoms with Crippen molar-refractivity contribution in [1.29, 1.82) is 0 Å². The molecular weight excluding hydrogens is 743 g/mol. The quantitative estimate of drug-likeness (QED) is 0.167. The highest BCUT2D eigenvalue weighted by atomic mass is 32.1. The summed E-state index contributed by atoms with van der Waals surface area (Å²) < 4.78 is 11.4. The van der Waals surface area contributed by atoms with E-state index in [0.717, 1.165) is 50.1 Å². The molecule has 0 amide bonds. The van der Waals surface area contributed by atoms with Crippen molar-refractivity contribution in [1.82, 2.24) is 0 Å². The number of thiophene rings is 2. The van der Waals surface area contributed by atoms with E-state index in [0.29, 0.717) is 0 Å². The van der Waals surface area contributed by atoms with Gasteiger partial charge in [0.2, 0.25) is 0 Å². The maximum atomic E-state index is 6.14. The van der Waals surface area contributed by atoms with Gasteiger partial charge in [0, 0.05) is 68.2 Å². The van der Waals surface area contributed by atoms with Crippen LogP contribution in [0.25, 0.3) is 95.7 Å². The minimum absolute atomic E-state index is 0.908. The summed E-state index contributed by atoms with van der Waals surface area (Å²) in [6.07, 6.45) is 0. The fraction of sp³-hybridized carbons (Fsp3) is 0. The number of hydrogen-bond donors (Lipinski definition) is 0. The van der Waals surface area contributed by atoms with Gasteiger partial charge in [0.25, 0.3) is 0 Å². The summed E-state index contributed by atoms with van der Waals surface area (Å²) >= 11 is 3.71. The predicted octanol–water partition coefficient (Wildman–Crippen LogP) is 16.8. The van der Waals surface area contributed by atoms with Gasteiger partial charge < -0.3 is 9.32 Å². The van der Waals surface area contributed by atoms with E-state index >= 15 is 0 Å². The molecule has 58 heavy (non-hydrogen) atoms. The molecule has 3 heterocycles. The Labute approximate surface area is 343 Å². The van der Waals surface area contributed by atoms with Crippen LogP contribution >= 0.6 is 22.7 Å². The second-order valence-electron chi connectivity index (χ2n) is 14.9. The van der Waals surface area contributed by atoms with Crippen molar-refractivity contribution < 1.29 is 4.42 Å². The summed E-state index contributed by atoms with van der Waals surface area (Å²) in [7, 11) is 0. The van der Waals surface area contributed by atoms with Crippen LogP contribution in [0.4, 0.5) is 17.1 Å². The van der Waals surface area contributed by atoms with E-state index in [2.05, 4.69) is 193 Å². The normalized spacial score (nSPS) is 11.8. The van der Waals surface area contributed by atoms with Crippen LogP contribution in [0.1, 0.15) is 0 Å². The van der Waals surface area contributed by atoms with Crippen molar-refractivity contribution in [2.24, 2.45) is 0 Å². The molecule has 0 saturated carbocycles. The van der Waals surface area contributed by atoms with Crippen LogP contribution in [-0.2, 0) is 0 Å². The number of benzene rings is 9. The molecule has 272 valence electrons. The zero-order valence-electron chi connectivity index (χ0n) is 31.2. The van der Waals surface area contributed by atoms with Gasteiger partial charge in [0.05, 0.1) is 0 Å².